The molecule has 2 heteroatoms. The van der Waals surface area contributed by atoms with Crippen LogP contribution in [0.5, 0.6) is 0 Å². The molecule has 2 unspecified atom stereocenters. The third-order valence-corrected chi connectivity index (χ3v) is 2.92. The van der Waals surface area contributed by atoms with Crippen LogP contribution in [0, 0.1) is 11.8 Å². The minimum absolute atomic E-state index is 0.289. The molecule has 12 heavy (non-hydrogen) atoms. The van der Waals surface area contributed by atoms with Crippen molar-refractivity contribution in [2.45, 2.75) is 39.7 Å². The van der Waals surface area contributed by atoms with E-state index in [1.165, 1.54) is 0 Å². The molecule has 0 aromatic heterocycles. The average Bonchev–Trinajstić information content (AvgIpc) is 1.99. The van der Waals surface area contributed by atoms with Crippen molar-refractivity contribution in [3.05, 3.63) is 0 Å². The lowest BCUT2D eigenvalue weighted by molar-refractivity contribution is -0.0443. The zero-order valence-electron chi connectivity index (χ0n) is 8.92. The first-order valence-electron chi connectivity index (χ1n) is 4.64. The second-order valence-corrected chi connectivity index (χ2v) is 4.06. The maximum Gasteiger partial charge on any atom is 0.0668 e. The molecule has 0 bridgehead atoms. The van der Waals surface area contributed by atoms with E-state index in [0.29, 0.717) is 5.92 Å². The largest absolute Gasteiger partial charge is 0.390 e. The van der Waals surface area contributed by atoms with Gasteiger partial charge in [0.15, 0.2) is 0 Å². The summed E-state index contributed by atoms with van der Waals surface area (Å²) in [6.07, 6.45) is 0.918. The van der Waals surface area contributed by atoms with Crippen molar-refractivity contribution in [1.82, 2.24) is 0 Å². The van der Waals surface area contributed by atoms with Gasteiger partial charge in [-0.05, 0) is 25.2 Å². The lowest BCUT2D eigenvalue weighted by Crippen LogP contribution is -2.38. The maximum atomic E-state index is 10.0. The Bertz CT molecular complexity index is 119. The standard InChI is InChI=1S/C10H22O2/c1-8(2)10(4,11)9(3)6-7-12-5/h8-9,11H,6-7H2,1-5H3. The highest BCUT2D eigenvalue weighted by molar-refractivity contribution is 4.81. The summed E-state index contributed by atoms with van der Waals surface area (Å²) >= 11 is 0. The maximum absolute atomic E-state index is 10.0. The van der Waals surface area contributed by atoms with Crippen LogP contribution in [0.3, 0.4) is 0 Å². The minimum atomic E-state index is -0.571. The van der Waals surface area contributed by atoms with Gasteiger partial charge in [-0.25, -0.2) is 0 Å². The minimum Gasteiger partial charge on any atom is -0.390 e. The summed E-state index contributed by atoms with van der Waals surface area (Å²) in [7, 11) is 1.69. The number of rotatable bonds is 5. The first kappa shape index (κ1) is 11.9. The molecule has 0 aliphatic carbocycles. The van der Waals surface area contributed by atoms with E-state index in [1.54, 1.807) is 7.11 Å². The quantitative estimate of drug-likeness (QED) is 0.691. The molecular weight excluding hydrogens is 152 g/mol. The Hall–Kier alpha value is -0.0800. The Labute approximate surface area is 75.9 Å². The van der Waals surface area contributed by atoms with Gasteiger partial charge in [-0.1, -0.05) is 20.8 Å². The molecule has 0 rings (SSSR count). The first-order valence-corrected chi connectivity index (χ1v) is 4.64. The summed E-state index contributed by atoms with van der Waals surface area (Å²) in [6.45, 7) is 8.79. The Morgan fingerprint density at radius 1 is 1.33 bits per heavy atom. The van der Waals surface area contributed by atoms with Crippen molar-refractivity contribution in [3.63, 3.8) is 0 Å². The van der Waals surface area contributed by atoms with Gasteiger partial charge < -0.3 is 9.84 Å². The molecular formula is C10H22O2. The Kier molecular flexibility index (Phi) is 4.80. The van der Waals surface area contributed by atoms with Crippen molar-refractivity contribution in [2.75, 3.05) is 13.7 Å². The number of ether oxygens (including phenoxy) is 1. The molecule has 0 amide bonds. The van der Waals surface area contributed by atoms with E-state index in [0.717, 1.165) is 13.0 Å². The van der Waals surface area contributed by atoms with Gasteiger partial charge in [0, 0.05) is 13.7 Å². The molecule has 0 saturated heterocycles. The monoisotopic (exact) mass is 174 g/mol. The van der Waals surface area contributed by atoms with Crippen LogP contribution in [-0.4, -0.2) is 24.4 Å². The molecule has 0 aliphatic heterocycles. The molecule has 0 fully saturated rings. The molecule has 2 atom stereocenters. The van der Waals surface area contributed by atoms with E-state index in [9.17, 15) is 5.11 Å². The van der Waals surface area contributed by atoms with Crippen LogP contribution in [0.15, 0.2) is 0 Å². The molecule has 0 saturated carbocycles. The van der Waals surface area contributed by atoms with Crippen LogP contribution >= 0.6 is 0 Å². The molecule has 0 aromatic rings. The second kappa shape index (κ2) is 4.83. The fourth-order valence-corrected chi connectivity index (χ4v) is 1.16. The van der Waals surface area contributed by atoms with Crippen molar-refractivity contribution in [1.29, 1.82) is 0 Å². The van der Waals surface area contributed by atoms with E-state index in [4.69, 9.17) is 4.74 Å². The fraction of sp³-hybridized carbons (Fsp3) is 1.00. The SMILES string of the molecule is COCCC(C)C(C)(O)C(C)C. The molecule has 1 N–H and O–H groups in total. The summed E-state index contributed by atoms with van der Waals surface area (Å²) in [5, 5.41) is 10.0. The summed E-state index contributed by atoms with van der Waals surface area (Å²) in [5.74, 6) is 0.585. The summed E-state index contributed by atoms with van der Waals surface area (Å²) in [6, 6.07) is 0. The van der Waals surface area contributed by atoms with E-state index in [-0.39, 0.29) is 5.92 Å². The van der Waals surface area contributed by atoms with Crippen LogP contribution in [0.4, 0.5) is 0 Å². The number of hydrogen-bond acceptors (Lipinski definition) is 2. The number of aliphatic hydroxyl groups is 1. The van der Waals surface area contributed by atoms with Crippen LogP contribution in [-0.2, 0) is 4.74 Å². The van der Waals surface area contributed by atoms with Gasteiger partial charge in [0.05, 0.1) is 5.60 Å². The van der Waals surface area contributed by atoms with E-state index < -0.39 is 5.60 Å². The normalized spacial score (nSPS) is 19.2. The lowest BCUT2D eigenvalue weighted by Gasteiger charge is -2.34. The Morgan fingerprint density at radius 3 is 2.17 bits per heavy atom. The van der Waals surface area contributed by atoms with Crippen LogP contribution in [0.1, 0.15) is 34.1 Å². The van der Waals surface area contributed by atoms with Gasteiger partial charge in [0.25, 0.3) is 0 Å². The highest BCUT2D eigenvalue weighted by Crippen LogP contribution is 2.27. The van der Waals surface area contributed by atoms with Gasteiger partial charge in [-0.2, -0.15) is 0 Å². The predicted octanol–water partition coefficient (Wildman–Crippen LogP) is 2.07. The first-order chi connectivity index (χ1) is 5.42. The summed E-state index contributed by atoms with van der Waals surface area (Å²) in [4.78, 5) is 0. The van der Waals surface area contributed by atoms with Gasteiger partial charge >= 0.3 is 0 Å². The Morgan fingerprint density at radius 2 is 1.83 bits per heavy atom. The topological polar surface area (TPSA) is 29.5 Å². The second-order valence-electron chi connectivity index (χ2n) is 4.06. The zero-order valence-corrected chi connectivity index (χ0v) is 8.92. The van der Waals surface area contributed by atoms with Crippen LogP contribution in [0.25, 0.3) is 0 Å². The van der Waals surface area contributed by atoms with Crippen molar-refractivity contribution < 1.29 is 9.84 Å². The molecule has 0 aliphatic rings. The molecule has 0 radical (unpaired) electrons. The molecule has 2 nitrogen and oxygen atoms in total. The fourth-order valence-electron chi connectivity index (χ4n) is 1.16. The highest BCUT2D eigenvalue weighted by atomic mass is 16.5. The van der Waals surface area contributed by atoms with Crippen LogP contribution < -0.4 is 0 Å². The highest BCUT2D eigenvalue weighted by Gasteiger charge is 2.31. The van der Waals surface area contributed by atoms with Gasteiger partial charge in [-0.15, -0.1) is 0 Å². The van der Waals surface area contributed by atoms with Crippen molar-refractivity contribution in [3.8, 4) is 0 Å². The lowest BCUT2D eigenvalue weighted by atomic mass is 9.80. The predicted molar refractivity (Wildman–Crippen MR) is 51.1 cm³/mol. The molecule has 74 valence electrons. The van der Waals surface area contributed by atoms with Gasteiger partial charge in [0.2, 0.25) is 0 Å². The third kappa shape index (κ3) is 3.11. The third-order valence-electron chi connectivity index (χ3n) is 2.92. The average molecular weight is 174 g/mol. The molecule has 0 spiro atoms. The van der Waals surface area contributed by atoms with E-state index in [2.05, 4.69) is 6.92 Å². The molecule has 0 aromatic carbocycles. The smallest absolute Gasteiger partial charge is 0.0668 e. The summed E-state index contributed by atoms with van der Waals surface area (Å²) < 4.78 is 4.98. The van der Waals surface area contributed by atoms with E-state index >= 15 is 0 Å². The van der Waals surface area contributed by atoms with E-state index in [1.807, 2.05) is 20.8 Å². The van der Waals surface area contributed by atoms with Crippen molar-refractivity contribution in [2.24, 2.45) is 11.8 Å². The van der Waals surface area contributed by atoms with Crippen LogP contribution in [0.2, 0.25) is 0 Å². The molecule has 0 heterocycles. The Balaban J connectivity index is 3.97. The van der Waals surface area contributed by atoms with Crippen molar-refractivity contribution >= 4 is 0 Å². The van der Waals surface area contributed by atoms with Gasteiger partial charge in [-0.3, -0.25) is 0 Å². The van der Waals surface area contributed by atoms with Gasteiger partial charge in [0.1, 0.15) is 0 Å². The number of hydrogen-bond donors (Lipinski definition) is 1. The zero-order chi connectivity index (χ0) is 9.78. The number of methoxy groups -OCH3 is 1. The summed E-state index contributed by atoms with van der Waals surface area (Å²) in [5.41, 5.74) is -0.571.